The van der Waals surface area contributed by atoms with Gasteiger partial charge in [0, 0.05) is 38.3 Å². The number of nitrogens with zero attached hydrogens (tertiary/aromatic N) is 3. The first-order chi connectivity index (χ1) is 20.8. The fourth-order valence-electron chi connectivity index (χ4n) is 5.39. The summed E-state index contributed by atoms with van der Waals surface area (Å²) >= 11 is 1.32. The molecule has 2 amide bonds. The van der Waals surface area contributed by atoms with Crippen LogP contribution in [0.15, 0.2) is 24.3 Å². The molecular weight excluding hydrogens is 594 g/mol. The Bertz CT molecular complexity index is 1560. The number of aromatic nitrogens is 1. The molecule has 10 nitrogen and oxygen atoms in total. The molecule has 44 heavy (non-hydrogen) atoms. The normalized spacial score (nSPS) is 16.5. The van der Waals surface area contributed by atoms with Crippen molar-refractivity contribution in [2.75, 3.05) is 46.9 Å². The molecule has 2 aliphatic rings. The van der Waals surface area contributed by atoms with Crippen LogP contribution in [-0.2, 0) is 38.5 Å². The van der Waals surface area contributed by atoms with Gasteiger partial charge in [0.05, 0.1) is 23.9 Å². The van der Waals surface area contributed by atoms with Gasteiger partial charge in [-0.2, -0.15) is 0 Å². The van der Waals surface area contributed by atoms with E-state index in [1.807, 2.05) is 7.05 Å². The number of fused-ring (bicyclic) bond motifs is 2. The highest BCUT2D eigenvalue weighted by Gasteiger charge is 2.52. The second-order valence-electron chi connectivity index (χ2n) is 12.2. The van der Waals surface area contributed by atoms with Gasteiger partial charge in [-0.3, -0.25) is 14.4 Å². The van der Waals surface area contributed by atoms with E-state index >= 15 is 0 Å². The van der Waals surface area contributed by atoms with Crippen LogP contribution in [0.4, 0.5) is 8.78 Å². The molecule has 0 unspecified atom stereocenters. The van der Waals surface area contributed by atoms with Gasteiger partial charge in [0.15, 0.2) is 35.2 Å². The van der Waals surface area contributed by atoms with Crippen molar-refractivity contribution in [3.05, 3.63) is 52.0 Å². The number of halogens is 2. The topological polar surface area (TPSA) is 110 Å². The highest BCUT2D eigenvalue weighted by atomic mass is 32.1. The van der Waals surface area contributed by atoms with Gasteiger partial charge >= 0.3 is 5.97 Å². The van der Waals surface area contributed by atoms with Crippen molar-refractivity contribution in [3.63, 3.8) is 0 Å². The Labute approximate surface area is 258 Å². The number of likely N-dealkylation sites (N-methyl/N-ethyl adjacent to an activating group) is 1. The first kappa shape index (κ1) is 31.6. The summed E-state index contributed by atoms with van der Waals surface area (Å²) in [6.45, 7) is 7.83. The lowest BCUT2D eigenvalue weighted by atomic mass is 9.83. The monoisotopic (exact) mass is 630 g/mol. The second-order valence-corrected chi connectivity index (χ2v) is 13.3. The molecule has 0 bridgehead atoms. The Balaban J connectivity index is 1.31. The van der Waals surface area contributed by atoms with E-state index in [1.54, 1.807) is 37.8 Å². The summed E-state index contributed by atoms with van der Waals surface area (Å²) in [4.78, 5) is 48.3. The number of methoxy groups -OCH3 is 1. The van der Waals surface area contributed by atoms with Gasteiger partial charge in [-0.15, -0.1) is 11.3 Å². The minimum absolute atomic E-state index is 0.00218. The molecule has 0 spiro atoms. The van der Waals surface area contributed by atoms with Gasteiger partial charge in [-0.25, -0.2) is 13.8 Å². The number of thiazole rings is 1. The predicted molar refractivity (Wildman–Crippen MR) is 160 cm³/mol. The lowest BCUT2D eigenvalue weighted by Crippen LogP contribution is -2.49. The summed E-state index contributed by atoms with van der Waals surface area (Å²) in [6, 6.07) is 5.51. The second kappa shape index (κ2) is 12.3. The van der Waals surface area contributed by atoms with E-state index in [1.165, 1.54) is 18.4 Å². The van der Waals surface area contributed by atoms with Crippen molar-refractivity contribution < 1.29 is 37.4 Å². The Kier molecular flexibility index (Phi) is 8.81. The van der Waals surface area contributed by atoms with Crippen LogP contribution in [0.5, 0.6) is 11.5 Å². The fourth-order valence-corrected chi connectivity index (χ4v) is 6.31. The van der Waals surface area contributed by atoms with E-state index in [4.69, 9.17) is 14.2 Å². The zero-order valence-corrected chi connectivity index (χ0v) is 26.2. The number of esters is 1. The number of amides is 2. The molecule has 5 rings (SSSR count). The van der Waals surface area contributed by atoms with Crippen molar-refractivity contribution in [2.24, 2.45) is 5.41 Å². The van der Waals surface area contributed by atoms with Gasteiger partial charge in [-0.1, -0.05) is 0 Å². The van der Waals surface area contributed by atoms with Crippen LogP contribution < -0.4 is 14.8 Å². The average molecular weight is 631 g/mol. The van der Waals surface area contributed by atoms with E-state index in [0.29, 0.717) is 46.2 Å². The number of nitrogens with one attached hydrogen (secondary N) is 1. The van der Waals surface area contributed by atoms with Crippen LogP contribution in [0.2, 0.25) is 0 Å². The maximum atomic E-state index is 14.0. The lowest BCUT2D eigenvalue weighted by molar-refractivity contribution is -0.170. The van der Waals surface area contributed by atoms with Gasteiger partial charge in [0.1, 0.15) is 10.6 Å². The van der Waals surface area contributed by atoms with Gasteiger partial charge in [0.2, 0.25) is 5.91 Å². The third kappa shape index (κ3) is 6.63. The molecular formula is C31H36F2N4O6S. The maximum Gasteiger partial charge on any atom is 0.322 e. The van der Waals surface area contributed by atoms with Crippen molar-refractivity contribution in [2.45, 2.75) is 45.8 Å². The molecule has 3 aromatic rings. The Morgan fingerprint density at radius 2 is 1.64 bits per heavy atom. The van der Waals surface area contributed by atoms with Crippen LogP contribution in [0.25, 0.3) is 10.2 Å². The molecule has 13 heteroatoms. The van der Waals surface area contributed by atoms with Gasteiger partial charge in [0.25, 0.3) is 5.91 Å². The summed E-state index contributed by atoms with van der Waals surface area (Å²) in [5, 5.41) is 3.35. The number of carbonyl (C=O) groups excluding carboxylic acids is 3. The Hall–Kier alpha value is -3.84. The minimum Gasteiger partial charge on any atom is -0.493 e. The average Bonchev–Trinajstić information content (AvgIpc) is 3.54. The summed E-state index contributed by atoms with van der Waals surface area (Å²) in [6.07, 6.45) is -0.240. The first-order valence-electron chi connectivity index (χ1n) is 14.3. The van der Waals surface area contributed by atoms with E-state index in [0.717, 1.165) is 29.9 Å². The molecule has 0 saturated carbocycles. The van der Waals surface area contributed by atoms with Crippen LogP contribution >= 0.6 is 11.3 Å². The largest absolute Gasteiger partial charge is 0.493 e. The number of hydrogen-bond acceptors (Lipinski definition) is 9. The quantitative estimate of drug-likeness (QED) is 0.298. The zero-order chi connectivity index (χ0) is 31.8. The van der Waals surface area contributed by atoms with Crippen molar-refractivity contribution in [1.29, 1.82) is 0 Å². The van der Waals surface area contributed by atoms with Gasteiger partial charge in [-0.05, 0) is 63.9 Å². The molecule has 236 valence electrons. The molecule has 1 fully saturated rings. The standard InChI is InChI=1S/C31H36F2N4O6S/c1-30(2,3)43-29(40)31(14-18-10-20(32)21(33)11-19(18)15-31)28(39)34-16-26-35-22-12-24(23(41-5)13-25(22)44-26)42-17-27(38)37-8-6-36(4)7-9-37/h10-13H,6-9,14-17H2,1-5H3,(H,34,39). The van der Waals surface area contributed by atoms with E-state index in [-0.39, 0.29) is 31.9 Å². The van der Waals surface area contributed by atoms with Crippen LogP contribution in [0.1, 0.15) is 36.9 Å². The number of ether oxygens (including phenoxy) is 3. The van der Waals surface area contributed by atoms with Crippen LogP contribution in [0.3, 0.4) is 0 Å². The fraction of sp³-hybridized carbons (Fsp3) is 0.484. The maximum absolute atomic E-state index is 14.0. The van der Waals surface area contributed by atoms with Crippen molar-refractivity contribution >= 4 is 39.3 Å². The third-order valence-corrected chi connectivity index (χ3v) is 8.79. The third-order valence-electron chi connectivity index (χ3n) is 7.78. The molecule has 1 aromatic heterocycles. The highest BCUT2D eigenvalue weighted by molar-refractivity contribution is 7.18. The summed E-state index contributed by atoms with van der Waals surface area (Å²) in [5.74, 6) is -2.76. The van der Waals surface area contributed by atoms with E-state index < -0.39 is 34.5 Å². The molecule has 0 atom stereocenters. The summed E-state index contributed by atoms with van der Waals surface area (Å²) in [7, 11) is 3.52. The highest BCUT2D eigenvalue weighted by Crippen LogP contribution is 2.41. The van der Waals surface area contributed by atoms with Crippen molar-refractivity contribution in [1.82, 2.24) is 20.1 Å². The SMILES string of the molecule is COc1cc2sc(CNC(=O)C3(C(=O)OC(C)(C)C)Cc4cc(F)c(F)cc4C3)nc2cc1OCC(=O)N1CCN(C)CC1. The molecule has 1 aliphatic heterocycles. The van der Waals surface area contributed by atoms with E-state index in [2.05, 4.69) is 15.2 Å². The number of carbonyl (C=O) groups is 3. The van der Waals surface area contributed by atoms with Gasteiger partial charge < -0.3 is 29.3 Å². The number of piperazine rings is 1. The van der Waals surface area contributed by atoms with Crippen molar-refractivity contribution in [3.8, 4) is 11.5 Å². The molecule has 1 aliphatic carbocycles. The summed E-state index contributed by atoms with van der Waals surface area (Å²) in [5.41, 5.74) is -1.21. The molecule has 2 heterocycles. The van der Waals surface area contributed by atoms with E-state index in [9.17, 15) is 23.2 Å². The molecule has 2 aromatic carbocycles. The van der Waals surface area contributed by atoms with Crippen LogP contribution in [0, 0.1) is 17.0 Å². The number of hydrogen-bond donors (Lipinski definition) is 1. The number of rotatable bonds is 8. The van der Waals surface area contributed by atoms with Crippen LogP contribution in [-0.4, -0.2) is 85.1 Å². The minimum atomic E-state index is -1.69. The molecule has 1 saturated heterocycles. The molecule has 1 N–H and O–H groups in total. The zero-order valence-electron chi connectivity index (χ0n) is 25.4. The number of benzene rings is 2. The lowest BCUT2D eigenvalue weighted by Gasteiger charge is -2.32. The first-order valence-corrected chi connectivity index (χ1v) is 15.1. The Morgan fingerprint density at radius 3 is 2.23 bits per heavy atom. The molecule has 0 radical (unpaired) electrons. The Morgan fingerprint density at radius 1 is 1.00 bits per heavy atom. The summed E-state index contributed by atoms with van der Waals surface area (Å²) < 4.78 is 45.7. The smallest absolute Gasteiger partial charge is 0.322 e. The predicted octanol–water partition coefficient (Wildman–Crippen LogP) is 3.48.